The van der Waals surface area contributed by atoms with Crippen molar-refractivity contribution in [2.24, 2.45) is 0 Å². The predicted octanol–water partition coefficient (Wildman–Crippen LogP) is 3.28. The Morgan fingerprint density at radius 1 is 1.40 bits per heavy atom. The highest BCUT2D eigenvalue weighted by atomic mass is 79.9. The van der Waals surface area contributed by atoms with Gasteiger partial charge in [0, 0.05) is 22.4 Å². The van der Waals surface area contributed by atoms with Crippen LogP contribution in [-0.2, 0) is 6.54 Å². The van der Waals surface area contributed by atoms with Crippen molar-refractivity contribution in [1.29, 1.82) is 0 Å². The first-order chi connectivity index (χ1) is 9.63. The Morgan fingerprint density at radius 3 is 2.90 bits per heavy atom. The first kappa shape index (κ1) is 13.6. The molecule has 0 spiro atoms. The van der Waals surface area contributed by atoms with Crippen molar-refractivity contribution in [1.82, 2.24) is 14.3 Å². The topological polar surface area (TPSA) is 39.8 Å². The van der Waals surface area contributed by atoms with Gasteiger partial charge in [-0.05, 0) is 47.8 Å². The van der Waals surface area contributed by atoms with E-state index in [1.54, 1.807) is 4.57 Å². The lowest BCUT2D eigenvalue weighted by Gasteiger charge is -2.09. The van der Waals surface area contributed by atoms with Crippen molar-refractivity contribution in [3.8, 4) is 0 Å². The second kappa shape index (κ2) is 5.56. The van der Waals surface area contributed by atoms with E-state index in [4.69, 9.17) is 0 Å². The smallest absolute Gasteiger partial charge is 0.253 e. The largest absolute Gasteiger partial charge is 0.308 e. The minimum Gasteiger partial charge on any atom is -0.308 e. The van der Waals surface area contributed by atoms with Crippen molar-refractivity contribution in [3.05, 3.63) is 50.6 Å². The van der Waals surface area contributed by atoms with E-state index in [1.807, 2.05) is 31.5 Å². The van der Waals surface area contributed by atoms with E-state index in [-0.39, 0.29) is 5.56 Å². The Labute approximate surface area is 126 Å². The molecule has 0 amide bonds. The van der Waals surface area contributed by atoms with E-state index in [0.717, 1.165) is 15.7 Å². The highest BCUT2D eigenvalue weighted by Gasteiger charge is 2.17. The monoisotopic (exact) mass is 335 g/mol. The van der Waals surface area contributed by atoms with Crippen molar-refractivity contribution in [3.63, 3.8) is 0 Å². The van der Waals surface area contributed by atoms with Crippen molar-refractivity contribution >= 4 is 15.9 Å². The van der Waals surface area contributed by atoms with Crippen molar-refractivity contribution < 1.29 is 0 Å². The van der Waals surface area contributed by atoms with Crippen LogP contribution < -0.4 is 5.56 Å². The van der Waals surface area contributed by atoms with E-state index in [0.29, 0.717) is 12.6 Å². The third-order valence-corrected chi connectivity index (χ3v) is 4.36. The van der Waals surface area contributed by atoms with E-state index < -0.39 is 0 Å². The summed E-state index contributed by atoms with van der Waals surface area (Å²) >= 11 is 3.43. The lowest BCUT2D eigenvalue weighted by Crippen LogP contribution is -2.22. The van der Waals surface area contributed by atoms with E-state index in [2.05, 4.69) is 25.7 Å². The van der Waals surface area contributed by atoms with Gasteiger partial charge in [0.1, 0.15) is 0 Å². The van der Waals surface area contributed by atoms with Gasteiger partial charge in [-0.15, -0.1) is 0 Å². The first-order valence-electron chi connectivity index (χ1n) is 7.04. The lowest BCUT2D eigenvalue weighted by molar-refractivity contribution is 0.461. The number of nitrogens with zero attached hydrogens (tertiary/aromatic N) is 3. The third kappa shape index (κ3) is 2.73. The quantitative estimate of drug-likeness (QED) is 0.863. The van der Waals surface area contributed by atoms with Crippen LogP contribution in [0.3, 0.4) is 0 Å². The minimum atomic E-state index is 0.0450. The maximum Gasteiger partial charge on any atom is 0.253 e. The van der Waals surface area contributed by atoms with Crippen LogP contribution in [0.2, 0.25) is 0 Å². The summed E-state index contributed by atoms with van der Waals surface area (Å²) < 4.78 is 4.70. The second-order valence-electron chi connectivity index (χ2n) is 5.50. The van der Waals surface area contributed by atoms with E-state index in [9.17, 15) is 4.79 Å². The number of rotatable bonds is 3. The molecule has 2 heterocycles. The fourth-order valence-electron chi connectivity index (χ4n) is 2.87. The summed E-state index contributed by atoms with van der Waals surface area (Å²) in [6.07, 6.45) is 8.90. The Bertz CT molecular complexity index is 668. The fourth-order valence-corrected chi connectivity index (χ4v) is 3.46. The average Bonchev–Trinajstić information content (AvgIpc) is 3.05. The van der Waals surface area contributed by atoms with Crippen molar-refractivity contribution in [2.45, 2.75) is 45.2 Å². The van der Waals surface area contributed by atoms with E-state index >= 15 is 0 Å². The van der Waals surface area contributed by atoms with Crippen LogP contribution >= 0.6 is 15.9 Å². The molecule has 1 fully saturated rings. The molecular formula is C15H18BrN3O. The maximum atomic E-state index is 12.1. The lowest BCUT2D eigenvalue weighted by atomic mass is 10.3. The molecule has 5 heteroatoms. The fraction of sp³-hybridized carbons (Fsp3) is 0.467. The normalized spacial score (nSPS) is 15.9. The molecule has 20 heavy (non-hydrogen) atoms. The molecule has 0 saturated heterocycles. The molecule has 106 valence electrons. The molecule has 0 aliphatic heterocycles. The maximum absolute atomic E-state index is 12.1. The number of halogens is 1. The summed E-state index contributed by atoms with van der Waals surface area (Å²) in [6, 6.07) is 4.40. The standard InChI is InChI=1S/C15H18BrN3O/c1-11-8-12(16)9-18(15(11)20)10-13-6-7-19(17-13)14-4-2-3-5-14/h6-9,14H,2-5,10H2,1H3. The Hall–Kier alpha value is -1.36. The SMILES string of the molecule is Cc1cc(Br)cn(Cc2ccn(C3CCCC3)n2)c1=O. The van der Waals surface area contributed by atoms with Gasteiger partial charge in [0.2, 0.25) is 0 Å². The molecule has 2 aromatic rings. The molecule has 0 N–H and O–H groups in total. The number of hydrogen-bond donors (Lipinski definition) is 0. The minimum absolute atomic E-state index is 0.0450. The van der Waals surface area contributed by atoms with Gasteiger partial charge in [0.25, 0.3) is 5.56 Å². The first-order valence-corrected chi connectivity index (χ1v) is 7.83. The molecule has 1 aliphatic rings. The van der Waals surface area contributed by atoms with Gasteiger partial charge in [-0.1, -0.05) is 12.8 Å². The molecule has 0 aromatic carbocycles. The third-order valence-electron chi connectivity index (χ3n) is 3.93. The van der Waals surface area contributed by atoms with Gasteiger partial charge in [-0.3, -0.25) is 9.48 Å². The van der Waals surface area contributed by atoms with E-state index in [1.165, 1.54) is 25.7 Å². The van der Waals surface area contributed by atoms with Crippen LogP contribution in [0.1, 0.15) is 43.0 Å². The molecule has 0 atom stereocenters. The number of aromatic nitrogens is 3. The number of hydrogen-bond acceptors (Lipinski definition) is 2. The van der Waals surface area contributed by atoms with Crippen LogP contribution in [0.5, 0.6) is 0 Å². The summed E-state index contributed by atoms with van der Waals surface area (Å²) in [6.45, 7) is 2.36. The molecule has 1 aliphatic carbocycles. The summed E-state index contributed by atoms with van der Waals surface area (Å²) in [5.74, 6) is 0. The van der Waals surface area contributed by atoms with Gasteiger partial charge in [0.15, 0.2) is 0 Å². The summed E-state index contributed by atoms with van der Waals surface area (Å²) in [4.78, 5) is 12.1. The van der Waals surface area contributed by atoms with Gasteiger partial charge in [-0.2, -0.15) is 5.10 Å². The molecule has 1 saturated carbocycles. The number of aryl methyl sites for hydroxylation is 1. The molecular weight excluding hydrogens is 318 g/mol. The predicted molar refractivity (Wildman–Crippen MR) is 82.0 cm³/mol. The van der Waals surface area contributed by atoms with Crippen molar-refractivity contribution in [2.75, 3.05) is 0 Å². The summed E-state index contributed by atoms with van der Waals surface area (Å²) in [5, 5.41) is 4.63. The highest BCUT2D eigenvalue weighted by Crippen LogP contribution is 2.28. The molecule has 3 rings (SSSR count). The Morgan fingerprint density at radius 2 is 2.15 bits per heavy atom. The van der Waals surface area contributed by atoms with Gasteiger partial charge in [0.05, 0.1) is 18.3 Å². The second-order valence-corrected chi connectivity index (χ2v) is 6.42. The van der Waals surface area contributed by atoms with Crippen LogP contribution in [0.15, 0.2) is 33.8 Å². The molecule has 0 radical (unpaired) electrons. The average molecular weight is 336 g/mol. The van der Waals surface area contributed by atoms with Crippen LogP contribution in [0.25, 0.3) is 0 Å². The highest BCUT2D eigenvalue weighted by molar-refractivity contribution is 9.10. The van der Waals surface area contributed by atoms with Gasteiger partial charge in [-0.25, -0.2) is 0 Å². The van der Waals surface area contributed by atoms with Gasteiger partial charge < -0.3 is 4.57 Å². The van der Waals surface area contributed by atoms with Crippen LogP contribution in [0.4, 0.5) is 0 Å². The Kier molecular flexibility index (Phi) is 3.78. The zero-order chi connectivity index (χ0) is 14.1. The molecule has 4 nitrogen and oxygen atoms in total. The molecule has 0 unspecified atom stereocenters. The zero-order valence-corrected chi connectivity index (χ0v) is 13.1. The van der Waals surface area contributed by atoms with Crippen LogP contribution in [-0.4, -0.2) is 14.3 Å². The molecule has 2 aromatic heterocycles. The zero-order valence-electron chi connectivity index (χ0n) is 11.6. The van der Waals surface area contributed by atoms with Crippen LogP contribution in [0, 0.1) is 6.92 Å². The molecule has 0 bridgehead atoms. The summed E-state index contributed by atoms with van der Waals surface area (Å²) in [7, 11) is 0. The summed E-state index contributed by atoms with van der Waals surface area (Å²) in [5.41, 5.74) is 1.73. The Balaban J connectivity index is 1.83. The van der Waals surface area contributed by atoms with Gasteiger partial charge >= 0.3 is 0 Å². The number of pyridine rings is 1.